The lowest BCUT2D eigenvalue weighted by atomic mass is 9.67. The van der Waals surface area contributed by atoms with Crippen LogP contribution in [0.4, 0.5) is 0 Å². The fourth-order valence-corrected chi connectivity index (χ4v) is 4.72. The van der Waals surface area contributed by atoms with Crippen molar-refractivity contribution in [3.05, 3.63) is 125 Å². The van der Waals surface area contributed by atoms with Gasteiger partial charge in [-0.05, 0) is 89.9 Å². The third kappa shape index (κ3) is 4.88. The van der Waals surface area contributed by atoms with Crippen molar-refractivity contribution < 1.29 is 15.3 Å². The molecule has 0 saturated heterocycles. The lowest BCUT2D eigenvalue weighted by Crippen LogP contribution is -2.28. The summed E-state index contributed by atoms with van der Waals surface area (Å²) in [6, 6.07) is 31.1. The van der Waals surface area contributed by atoms with Crippen LogP contribution in [0.15, 0.2) is 97.1 Å². The quantitative estimate of drug-likeness (QED) is 0.268. The summed E-state index contributed by atoms with van der Waals surface area (Å²) in [5, 5.41) is 29.1. The fourth-order valence-electron chi connectivity index (χ4n) is 4.72. The van der Waals surface area contributed by atoms with Crippen molar-refractivity contribution in [3.8, 4) is 17.2 Å². The molecule has 4 aromatic rings. The summed E-state index contributed by atoms with van der Waals surface area (Å²) in [6.45, 7) is 2.17. The van der Waals surface area contributed by atoms with E-state index in [9.17, 15) is 15.3 Å². The summed E-state index contributed by atoms with van der Waals surface area (Å²) >= 11 is 0. The van der Waals surface area contributed by atoms with Crippen LogP contribution >= 0.6 is 0 Å². The van der Waals surface area contributed by atoms with Crippen molar-refractivity contribution in [2.75, 3.05) is 0 Å². The van der Waals surface area contributed by atoms with Gasteiger partial charge in [0.1, 0.15) is 17.2 Å². The number of phenols is 3. The molecule has 0 radical (unpaired) electrons. The molecule has 0 amide bonds. The minimum absolute atomic E-state index is 0.249. The Hall–Kier alpha value is -3.72. The Bertz CT molecular complexity index is 1110. The second-order valence-electron chi connectivity index (χ2n) is 8.57. The van der Waals surface area contributed by atoms with E-state index in [1.165, 1.54) is 16.7 Å². The predicted molar refractivity (Wildman–Crippen MR) is 133 cm³/mol. The fraction of sp³-hybridized carbons (Fsp3) is 0.200. The maximum absolute atomic E-state index is 9.84. The summed E-state index contributed by atoms with van der Waals surface area (Å²) < 4.78 is 0. The van der Waals surface area contributed by atoms with Crippen LogP contribution in [0.3, 0.4) is 0 Å². The molecule has 0 aliphatic heterocycles. The minimum Gasteiger partial charge on any atom is -0.508 e. The third-order valence-corrected chi connectivity index (χ3v) is 6.56. The number of phenolic OH excluding ortho intramolecular Hbond substituents is 3. The Kier molecular flexibility index (Phi) is 6.69. The summed E-state index contributed by atoms with van der Waals surface area (Å²) in [4.78, 5) is 0. The number of aryl methyl sites for hydroxylation is 2. The average molecular weight is 439 g/mol. The van der Waals surface area contributed by atoms with Gasteiger partial charge >= 0.3 is 0 Å². The van der Waals surface area contributed by atoms with Crippen molar-refractivity contribution in [2.45, 2.75) is 38.0 Å². The smallest absolute Gasteiger partial charge is 0.115 e. The topological polar surface area (TPSA) is 60.7 Å². The lowest BCUT2D eigenvalue weighted by molar-refractivity contribution is 0.473. The molecular formula is C30H30O3. The van der Waals surface area contributed by atoms with Crippen molar-refractivity contribution in [2.24, 2.45) is 0 Å². The molecular weight excluding hydrogens is 408 g/mol. The highest BCUT2D eigenvalue weighted by Crippen LogP contribution is 2.43. The number of hydrogen-bond acceptors (Lipinski definition) is 3. The van der Waals surface area contributed by atoms with E-state index in [1.807, 2.05) is 36.4 Å². The van der Waals surface area contributed by atoms with Crippen LogP contribution in [-0.2, 0) is 18.3 Å². The molecule has 3 N–H and O–H groups in total. The van der Waals surface area contributed by atoms with Gasteiger partial charge in [0.25, 0.3) is 0 Å². The molecule has 0 atom stereocenters. The lowest BCUT2D eigenvalue weighted by Gasteiger charge is -2.35. The first-order valence-electron chi connectivity index (χ1n) is 11.5. The van der Waals surface area contributed by atoms with E-state index in [-0.39, 0.29) is 16.9 Å². The van der Waals surface area contributed by atoms with Crippen LogP contribution in [0.25, 0.3) is 0 Å². The van der Waals surface area contributed by atoms with E-state index >= 15 is 0 Å². The summed E-state index contributed by atoms with van der Waals surface area (Å²) in [7, 11) is 0. The van der Waals surface area contributed by atoms with E-state index in [0.29, 0.717) is 5.75 Å². The number of aromatic hydroxyl groups is 3. The first kappa shape index (κ1) is 22.5. The Morgan fingerprint density at radius 3 is 1.15 bits per heavy atom. The standard InChI is InChI=1S/C30H30O3/c1-2-30(25-12-18-28(32)19-13-25,26-14-20-29(33)21-15-26)24-10-6-22(7-11-24)4-3-5-23-8-16-27(31)17-9-23/h6-21,31-33H,2-5H2,1H3. The normalized spacial score (nSPS) is 11.4. The van der Waals surface area contributed by atoms with Gasteiger partial charge in [-0.2, -0.15) is 0 Å². The van der Waals surface area contributed by atoms with E-state index in [4.69, 9.17) is 0 Å². The highest BCUT2D eigenvalue weighted by Gasteiger charge is 2.34. The zero-order valence-corrected chi connectivity index (χ0v) is 18.9. The average Bonchev–Trinajstić information content (AvgIpc) is 2.84. The second-order valence-corrected chi connectivity index (χ2v) is 8.57. The van der Waals surface area contributed by atoms with E-state index in [0.717, 1.165) is 36.8 Å². The van der Waals surface area contributed by atoms with Gasteiger partial charge in [0.05, 0.1) is 0 Å². The maximum atomic E-state index is 9.84. The van der Waals surface area contributed by atoms with Gasteiger partial charge in [-0.25, -0.2) is 0 Å². The van der Waals surface area contributed by atoms with Crippen LogP contribution in [-0.4, -0.2) is 15.3 Å². The summed E-state index contributed by atoms with van der Waals surface area (Å²) in [6.07, 6.45) is 3.84. The minimum atomic E-state index is -0.383. The number of hydrogen-bond donors (Lipinski definition) is 3. The van der Waals surface area contributed by atoms with Gasteiger partial charge in [-0.1, -0.05) is 67.6 Å². The molecule has 0 unspecified atom stereocenters. The zero-order valence-electron chi connectivity index (χ0n) is 18.9. The van der Waals surface area contributed by atoms with E-state index in [2.05, 4.69) is 31.2 Å². The molecule has 3 heteroatoms. The molecule has 0 heterocycles. The molecule has 0 saturated carbocycles. The molecule has 33 heavy (non-hydrogen) atoms. The largest absolute Gasteiger partial charge is 0.508 e. The molecule has 4 aromatic carbocycles. The van der Waals surface area contributed by atoms with Gasteiger partial charge in [0.15, 0.2) is 0 Å². The molecule has 168 valence electrons. The van der Waals surface area contributed by atoms with Crippen molar-refractivity contribution in [1.29, 1.82) is 0 Å². The van der Waals surface area contributed by atoms with Crippen LogP contribution < -0.4 is 0 Å². The Labute approximate surface area is 195 Å². The summed E-state index contributed by atoms with van der Waals surface area (Å²) in [5.74, 6) is 0.799. The Morgan fingerprint density at radius 2 is 0.788 bits per heavy atom. The van der Waals surface area contributed by atoms with Crippen LogP contribution in [0.2, 0.25) is 0 Å². The monoisotopic (exact) mass is 438 g/mol. The zero-order chi connectivity index (χ0) is 23.3. The number of rotatable bonds is 8. The van der Waals surface area contributed by atoms with Gasteiger partial charge in [0.2, 0.25) is 0 Å². The van der Waals surface area contributed by atoms with Gasteiger partial charge < -0.3 is 15.3 Å². The number of benzene rings is 4. The maximum Gasteiger partial charge on any atom is 0.115 e. The molecule has 0 aliphatic carbocycles. The van der Waals surface area contributed by atoms with Crippen molar-refractivity contribution in [3.63, 3.8) is 0 Å². The molecule has 0 spiro atoms. The highest BCUT2D eigenvalue weighted by atomic mass is 16.3. The van der Waals surface area contributed by atoms with Crippen LogP contribution in [0.1, 0.15) is 47.6 Å². The van der Waals surface area contributed by atoms with Crippen LogP contribution in [0, 0.1) is 0 Å². The second kappa shape index (κ2) is 9.83. The van der Waals surface area contributed by atoms with E-state index < -0.39 is 0 Å². The van der Waals surface area contributed by atoms with Crippen LogP contribution in [0.5, 0.6) is 17.2 Å². The first-order chi connectivity index (χ1) is 16.0. The predicted octanol–water partition coefficient (Wildman–Crippen LogP) is 6.72. The molecule has 0 fully saturated rings. The molecule has 0 bridgehead atoms. The highest BCUT2D eigenvalue weighted by molar-refractivity contribution is 5.52. The van der Waals surface area contributed by atoms with Gasteiger partial charge in [-0.15, -0.1) is 0 Å². The molecule has 4 rings (SSSR count). The summed E-state index contributed by atoms with van der Waals surface area (Å²) in [5.41, 5.74) is 5.53. The molecule has 0 aliphatic rings. The van der Waals surface area contributed by atoms with Crippen molar-refractivity contribution >= 4 is 0 Å². The van der Waals surface area contributed by atoms with Crippen molar-refractivity contribution in [1.82, 2.24) is 0 Å². The van der Waals surface area contributed by atoms with Gasteiger partial charge in [0, 0.05) is 5.41 Å². The third-order valence-electron chi connectivity index (χ3n) is 6.56. The Balaban J connectivity index is 1.61. The molecule has 3 nitrogen and oxygen atoms in total. The molecule has 0 aromatic heterocycles. The Morgan fingerprint density at radius 1 is 0.485 bits per heavy atom. The SMILES string of the molecule is CCC(c1ccc(O)cc1)(c1ccc(O)cc1)c1ccc(CCCc2ccc(O)cc2)cc1. The van der Waals surface area contributed by atoms with E-state index in [1.54, 1.807) is 36.4 Å². The first-order valence-corrected chi connectivity index (χ1v) is 11.5. The van der Waals surface area contributed by atoms with Gasteiger partial charge in [-0.3, -0.25) is 0 Å².